The fourth-order valence-corrected chi connectivity index (χ4v) is 5.46. The van der Waals surface area contributed by atoms with Crippen molar-refractivity contribution >= 4 is 17.5 Å². The van der Waals surface area contributed by atoms with Gasteiger partial charge in [0.05, 0.1) is 0 Å². The summed E-state index contributed by atoms with van der Waals surface area (Å²) in [6.45, 7) is 1.01. The van der Waals surface area contributed by atoms with Gasteiger partial charge in [0.1, 0.15) is 5.82 Å². The van der Waals surface area contributed by atoms with Gasteiger partial charge in [-0.1, -0.05) is 35.5 Å². The van der Waals surface area contributed by atoms with Crippen molar-refractivity contribution in [1.82, 2.24) is 10.1 Å². The van der Waals surface area contributed by atoms with Gasteiger partial charge < -0.3 is 19.4 Å². The van der Waals surface area contributed by atoms with E-state index in [1.807, 2.05) is 30.3 Å². The SMILES string of the molecule is O=C(c1ccc(O)c(F)c1)N1CCC2(CC1)CN(C(=O)c1cc(-c3ccccc3)on1)c1ccc(F)cc12. The monoisotopic (exact) mass is 515 g/mol. The Balaban J connectivity index is 1.25. The maximum absolute atomic E-state index is 14.4. The van der Waals surface area contributed by atoms with E-state index in [9.17, 15) is 23.5 Å². The Hall–Kier alpha value is -4.53. The Morgan fingerprint density at radius 2 is 1.68 bits per heavy atom. The van der Waals surface area contributed by atoms with Crippen LogP contribution in [-0.2, 0) is 5.41 Å². The van der Waals surface area contributed by atoms with Gasteiger partial charge in [-0.2, -0.15) is 0 Å². The second kappa shape index (κ2) is 9.09. The molecule has 1 fully saturated rings. The fraction of sp³-hybridized carbons (Fsp3) is 0.207. The van der Waals surface area contributed by atoms with E-state index in [4.69, 9.17) is 4.52 Å². The van der Waals surface area contributed by atoms with Crippen molar-refractivity contribution in [3.8, 4) is 17.1 Å². The molecule has 2 amide bonds. The number of benzene rings is 3. The van der Waals surface area contributed by atoms with Gasteiger partial charge in [-0.25, -0.2) is 8.78 Å². The second-order valence-corrected chi connectivity index (χ2v) is 9.73. The van der Waals surface area contributed by atoms with Crippen LogP contribution in [0.2, 0.25) is 0 Å². The average Bonchev–Trinajstić information content (AvgIpc) is 3.55. The number of phenols is 1. The van der Waals surface area contributed by atoms with E-state index >= 15 is 0 Å². The lowest BCUT2D eigenvalue weighted by atomic mass is 9.74. The van der Waals surface area contributed by atoms with Crippen molar-refractivity contribution in [2.75, 3.05) is 24.5 Å². The molecule has 38 heavy (non-hydrogen) atoms. The van der Waals surface area contributed by atoms with Gasteiger partial charge in [-0.3, -0.25) is 9.59 Å². The highest BCUT2D eigenvalue weighted by Gasteiger charge is 2.47. The highest BCUT2D eigenvalue weighted by atomic mass is 19.1. The molecule has 0 bridgehead atoms. The van der Waals surface area contributed by atoms with Gasteiger partial charge in [-0.05, 0) is 54.8 Å². The van der Waals surface area contributed by atoms with Gasteiger partial charge in [0.25, 0.3) is 11.8 Å². The summed E-state index contributed by atoms with van der Waals surface area (Å²) >= 11 is 0. The van der Waals surface area contributed by atoms with Crippen LogP contribution in [0.25, 0.3) is 11.3 Å². The number of nitrogens with zero attached hydrogens (tertiary/aromatic N) is 3. The first-order valence-electron chi connectivity index (χ1n) is 12.3. The summed E-state index contributed by atoms with van der Waals surface area (Å²) in [6, 6.07) is 18.9. The normalized spacial score (nSPS) is 16.1. The van der Waals surface area contributed by atoms with E-state index in [1.165, 1.54) is 18.2 Å². The molecule has 0 unspecified atom stereocenters. The van der Waals surface area contributed by atoms with Gasteiger partial charge in [0, 0.05) is 47.9 Å². The molecule has 1 aromatic heterocycles. The summed E-state index contributed by atoms with van der Waals surface area (Å²) < 4.78 is 33.6. The zero-order chi connectivity index (χ0) is 26.4. The lowest BCUT2D eigenvalue weighted by molar-refractivity contribution is 0.0670. The number of fused-ring (bicyclic) bond motifs is 2. The predicted octanol–water partition coefficient (Wildman–Crippen LogP) is 5.16. The van der Waals surface area contributed by atoms with E-state index in [1.54, 1.807) is 21.9 Å². The van der Waals surface area contributed by atoms with Crippen molar-refractivity contribution in [3.05, 3.63) is 101 Å². The van der Waals surface area contributed by atoms with E-state index in [2.05, 4.69) is 5.16 Å². The number of halogens is 2. The number of amides is 2. The molecule has 2 aliphatic rings. The third-order valence-corrected chi connectivity index (χ3v) is 7.52. The number of rotatable bonds is 3. The summed E-state index contributed by atoms with van der Waals surface area (Å²) in [5.41, 5.74) is 1.88. The summed E-state index contributed by atoms with van der Waals surface area (Å²) in [7, 11) is 0. The number of anilines is 1. The second-order valence-electron chi connectivity index (χ2n) is 9.73. The molecule has 0 aliphatic carbocycles. The Morgan fingerprint density at radius 3 is 2.42 bits per heavy atom. The molecular weight excluding hydrogens is 492 g/mol. The molecule has 6 rings (SSSR count). The molecule has 9 heteroatoms. The average molecular weight is 516 g/mol. The van der Waals surface area contributed by atoms with Crippen LogP contribution in [-0.4, -0.2) is 46.6 Å². The van der Waals surface area contributed by atoms with Crippen molar-refractivity contribution in [2.24, 2.45) is 0 Å². The Bertz CT molecular complexity index is 1540. The summed E-state index contributed by atoms with van der Waals surface area (Å²) in [5, 5.41) is 13.4. The number of likely N-dealkylation sites (tertiary alicyclic amines) is 1. The van der Waals surface area contributed by atoms with Gasteiger partial charge >= 0.3 is 0 Å². The van der Waals surface area contributed by atoms with Gasteiger partial charge in [-0.15, -0.1) is 0 Å². The number of phenolic OH excluding ortho intramolecular Hbond substituents is 1. The van der Waals surface area contributed by atoms with Crippen LogP contribution in [0.5, 0.6) is 5.75 Å². The first-order valence-corrected chi connectivity index (χ1v) is 12.3. The minimum Gasteiger partial charge on any atom is -0.505 e. The number of carbonyl (C=O) groups excluding carboxylic acids is 2. The first kappa shape index (κ1) is 23.8. The van der Waals surface area contributed by atoms with E-state index < -0.39 is 22.8 Å². The molecule has 0 saturated carbocycles. The van der Waals surface area contributed by atoms with E-state index in [0.29, 0.717) is 43.9 Å². The maximum atomic E-state index is 14.4. The topological polar surface area (TPSA) is 86.9 Å². The molecule has 0 radical (unpaired) electrons. The van der Waals surface area contributed by atoms with Crippen molar-refractivity contribution in [1.29, 1.82) is 0 Å². The third-order valence-electron chi connectivity index (χ3n) is 7.52. The fourth-order valence-electron chi connectivity index (χ4n) is 5.46. The number of aromatic hydroxyl groups is 1. The number of piperidine rings is 1. The standard InChI is InChI=1S/C29H23F2N3O4/c30-20-7-8-24-21(15-20)29(10-12-33(13-11-29)27(36)19-6-9-25(35)22(31)14-19)17-34(24)28(37)23-16-26(38-32-23)18-4-2-1-3-5-18/h1-9,14-16,35H,10-13,17H2. The Labute approximate surface area is 216 Å². The lowest BCUT2D eigenvalue weighted by Crippen LogP contribution is -2.48. The molecule has 3 aromatic carbocycles. The molecule has 7 nitrogen and oxygen atoms in total. The predicted molar refractivity (Wildman–Crippen MR) is 135 cm³/mol. The van der Waals surface area contributed by atoms with Crippen molar-refractivity contribution in [2.45, 2.75) is 18.3 Å². The third kappa shape index (κ3) is 4.00. The molecular formula is C29H23F2N3O4. The quantitative estimate of drug-likeness (QED) is 0.407. The number of aromatic nitrogens is 1. The maximum Gasteiger partial charge on any atom is 0.280 e. The number of hydrogen-bond acceptors (Lipinski definition) is 5. The Kier molecular flexibility index (Phi) is 5.71. The zero-order valence-corrected chi connectivity index (χ0v) is 20.2. The van der Waals surface area contributed by atoms with Crippen LogP contribution in [0.3, 0.4) is 0 Å². The van der Waals surface area contributed by atoms with Crippen molar-refractivity contribution in [3.63, 3.8) is 0 Å². The minimum atomic E-state index is -0.859. The van der Waals surface area contributed by atoms with Gasteiger partial charge in [0.2, 0.25) is 0 Å². The molecule has 1 saturated heterocycles. The zero-order valence-electron chi connectivity index (χ0n) is 20.2. The molecule has 192 valence electrons. The highest BCUT2D eigenvalue weighted by molar-refractivity contribution is 6.07. The first-order chi connectivity index (χ1) is 18.3. The van der Waals surface area contributed by atoms with Crippen LogP contribution in [0.15, 0.2) is 77.3 Å². The number of carbonyl (C=O) groups is 2. The summed E-state index contributed by atoms with van der Waals surface area (Å²) in [6.07, 6.45) is 0.987. The largest absolute Gasteiger partial charge is 0.505 e. The molecule has 4 aromatic rings. The van der Waals surface area contributed by atoms with Crippen LogP contribution in [0.1, 0.15) is 39.3 Å². The smallest absolute Gasteiger partial charge is 0.280 e. The minimum absolute atomic E-state index is 0.145. The molecule has 3 heterocycles. The molecule has 2 aliphatic heterocycles. The summed E-state index contributed by atoms with van der Waals surface area (Å²) in [4.78, 5) is 29.8. The van der Waals surface area contributed by atoms with E-state index in [0.717, 1.165) is 23.3 Å². The lowest BCUT2D eigenvalue weighted by Gasteiger charge is -2.40. The Morgan fingerprint density at radius 1 is 0.921 bits per heavy atom. The molecule has 0 atom stereocenters. The van der Waals surface area contributed by atoms with Crippen molar-refractivity contribution < 1.29 is 28.0 Å². The van der Waals surface area contributed by atoms with E-state index in [-0.39, 0.29) is 23.1 Å². The van der Waals surface area contributed by atoms with Crippen LogP contribution in [0.4, 0.5) is 14.5 Å². The molecule has 1 N–H and O–H groups in total. The molecule has 1 spiro atoms. The van der Waals surface area contributed by atoms with Gasteiger partial charge in [0.15, 0.2) is 23.0 Å². The highest BCUT2D eigenvalue weighted by Crippen LogP contribution is 2.48. The van der Waals surface area contributed by atoms with Crippen LogP contribution >= 0.6 is 0 Å². The van der Waals surface area contributed by atoms with Crippen LogP contribution < -0.4 is 4.90 Å². The summed E-state index contributed by atoms with van der Waals surface area (Å²) in [5.74, 6) is -2.00. The number of hydrogen-bond donors (Lipinski definition) is 1. The van der Waals surface area contributed by atoms with Crippen LogP contribution in [0, 0.1) is 11.6 Å².